The normalized spacial score (nSPS) is 12.3. The molecule has 30 heavy (non-hydrogen) atoms. The number of para-hydroxylation sites is 1. The maximum Gasteiger partial charge on any atom is 0.166 e. The van der Waals surface area contributed by atoms with E-state index in [-0.39, 0.29) is 22.2 Å². The minimum Gasteiger partial charge on any atom is -0.454 e. The van der Waals surface area contributed by atoms with Crippen molar-refractivity contribution in [3.8, 4) is 22.8 Å². The fourth-order valence-electron chi connectivity index (χ4n) is 3.23. The van der Waals surface area contributed by atoms with Gasteiger partial charge < -0.3 is 10.1 Å². The largest absolute Gasteiger partial charge is 0.454 e. The number of rotatable bonds is 3. The van der Waals surface area contributed by atoms with Crippen molar-refractivity contribution in [3.05, 3.63) is 89.1 Å². The zero-order chi connectivity index (χ0) is 20.7. The number of fused-ring (bicyclic) bond motifs is 3. The first-order valence-electron chi connectivity index (χ1n) is 9.00. The van der Waals surface area contributed by atoms with E-state index < -0.39 is 11.6 Å². The molecule has 4 aromatic rings. The number of aliphatic imine (C=N–C) groups is 1. The number of H-pyrrole nitrogens is 1. The second kappa shape index (κ2) is 7.27. The van der Waals surface area contributed by atoms with Gasteiger partial charge in [-0.15, -0.1) is 0 Å². The van der Waals surface area contributed by atoms with Crippen molar-refractivity contribution in [3.63, 3.8) is 0 Å². The van der Waals surface area contributed by atoms with E-state index in [1.807, 2.05) is 6.07 Å². The van der Waals surface area contributed by atoms with E-state index in [4.69, 9.17) is 16.3 Å². The highest BCUT2D eigenvalue weighted by Crippen LogP contribution is 2.41. The molecule has 0 atom stereocenters. The molecule has 2 N–H and O–H groups in total. The Morgan fingerprint density at radius 3 is 2.57 bits per heavy atom. The highest BCUT2D eigenvalue weighted by Gasteiger charge is 2.24. The monoisotopic (exact) mass is 422 g/mol. The van der Waals surface area contributed by atoms with Crippen LogP contribution in [-0.2, 0) is 0 Å². The van der Waals surface area contributed by atoms with Gasteiger partial charge in [0.15, 0.2) is 11.6 Å². The molecular weight excluding hydrogens is 410 g/mol. The molecule has 1 aliphatic rings. The highest BCUT2D eigenvalue weighted by molar-refractivity contribution is 6.35. The maximum atomic E-state index is 14.8. The van der Waals surface area contributed by atoms with E-state index in [2.05, 4.69) is 20.5 Å². The van der Waals surface area contributed by atoms with E-state index in [9.17, 15) is 8.78 Å². The van der Waals surface area contributed by atoms with Gasteiger partial charge >= 0.3 is 0 Å². The lowest BCUT2D eigenvalue weighted by molar-refractivity contribution is 0.442. The van der Waals surface area contributed by atoms with Gasteiger partial charge in [-0.2, -0.15) is 5.10 Å². The summed E-state index contributed by atoms with van der Waals surface area (Å²) in [6.45, 7) is 0. The van der Waals surface area contributed by atoms with Crippen LogP contribution in [0, 0.1) is 11.6 Å². The number of ether oxygens (including phenoxy) is 1. The Kier molecular flexibility index (Phi) is 4.44. The Bertz CT molecular complexity index is 1270. The average Bonchev–Trinajstić information content (AvgIpc) is 3.13. The summed E-state index contributed by atoms with van der Waals surface area (Å²) in [7, 11) is 0. The van der Waals surface area contributed by atoms with Crippen molar-refractivity contribution in [2.75, 3.05) is 5.32 Å². The third-order valence-electron chi connectivity index (χ3n) is 4.61. The molecule has 0 unspecified atom stereocenters. The summed E-state index contributed by atoms with van der Waals surface area (Å²) >= 11 is 6.24. The molecule has 5 rings (SSSR count). The molecule has 1 aliphatic heterocycles. The summed E-state index contributed by atoms with van der Waals surface area (Å²) in [5, 5.41) is 10.1. The predicted molar refractivity (Wildman–Crippen MR) is 112 cm³/mol. The Hall–Kier alpha value is -3.71. The van der Waals surface area contributed by atoms with Crippen molar-refractivity contribution in [2.24, 2.45) is 4.99 Å². The van der Waals surface area contributed by atoms with Gasteiger partial charge in [-0.25, -0.2) is 13.8 Å². The van der Waals surface area contributed by atoms with Crippen LogP contribution >= 0.6 is 11.6 Å². The summed E-state index contributed by atoms with van der Waals surface area (Å²) < 4.78 is 35.1. The molecular formula is C22H13ClF2N4O. The Labute approximate surface area is 175 Å². The smallest absolute Gasteiger partial charge is 0.166 e. The molecule has 148 valence electrons. The van der Waals surface area contributed by atoms with Gasteiger partial charge in [0.1, 0.15) is 17.4 Å². The zero-order valence-electron chi connectivity index (χ0n) is 15.3. The number of nitrogens with one attached hydrogen (secondary N) is 2. The number of nitrogens with zero attached hydrogens (tertiary/aromatic N) is 2. The van der Waals surface area contributed by atoms with Crippen molar-refractivity contribution in [1.82, 2.24) is 10.2 Å². The molecule has 3 aromatic carbocycles. The molecule has 5 nitrogen and oxygen atoms in total. The van der Waals surface area contributed by atoms with Gasteiger partial charge in [0, 0.05) is 11.6 Å². The lowest BCUT2D eigenvalue weighted by Gasteiger charge is -2.11. The first-order chi connectivity index (χ1) is 14.6. The molecule has 2 heterocycles. The van der Waals surface area contributed by atoms with Crippen LogP contribution < -0.4 is 10.1 Å². The summed E-state index contributed by atoms with van der Waals surface area (Å²) in [5.74, 6) is -0.458. The zero-order valence-corrected chi connectivity index (χ0v) is 16.0. The Morgan fingerprint density at radius 1 is 0.933 bits per heavy atom. The van der Waals surface area contributed by atoms with E-state index >= 15 is 0 Å². The van der Waals surface area contributed by atoms with Crippen molar-refractivity contribution in [1.29, 1.82) is 0 Å². The van der Waals surface area contributed by atoms with Gasteiger partial charge in [0.2, 0.25) is 0 Å². The molecule has 0 aliphatic carbocycles. The van der Waals surface area contributed by atoms with Gasteiger partial charge in [0.25, 0.3) is 0 Å². The number of aromatic nitrogens is 2. The fraction of sp³-hybridized carbons (Fsp3) is 0. The SMILES string of the molecule is Fc1cc2c(cc1Oc1ccccc1)N=C(c1c(F)cccc1Cl)Nc1cn[nH]c1-2. The van der Waals surface area contributed by atoms with Gasteiger partial charge in [0.05, 0.1) is 33.9 Å². The minimum absolute atomic E-state index is 0.00866. The lowest BCUT2D eigenvalue weighted by Crippen LogP contribution is -2.15. The molecule has 0 radical (unpaired) electrons. The lowest BCUT2D eigenvalue weighted by atomic mass is 10.1. The molecule has 8 heteroatoms. The summed E-state index contributed by atoms with van der Waals surface area (Å²) in [6.07, 6.45) is 1.51. The summed E-state index contributed by atoms with van der Waals surface area (Å²) in [4.78, 5) is 4.55. The summed E-state index contributed by atoms with van der Waals surface area (Å²) in [5.41, 5.74) is 1.96. The number of hydrogen-bond acceptors (Lipinski definition) is 4. The molecule has 0 saturated carbocycles. The van der Waals surface area contributed by atoms with Crippen LogP contribution in [-0.4, -0.2) is 16.0 Å². The van der Waals surface area contributed by atoms with E-state index in [0.29, 0.717) is 28.4 Å². The molecule has 0 bridgehead atoms. The van der Waals surface area contributed by atoms with Gasteiger partial charge in [-0.3, -0.25) is 5.10 Å². The number of aromatic amines is 1. The maximum absolute atomic E-state index is 14.8. The van der Waals surface area contributed by atoms with Crippen LogP contribution in [0.2, 0.25) is 5.02 Å². The van der Waals surface area contributed by atoms with Crippen molar-refractivity contribution in [2.45, 2.75) is 0 Å². The first kappa shape index (κ1) is 18.3. The van der Waals surface area contributed by atoms with Crippen molar-refractivity contribution >= 4 is 28.8 Å². The average molecular weight is 423 g/mol. The second-order valence-electron chi connectivity index (χ2n) is 6.56. The number of benzene rings is 3. The van der Waals surface area contributed by atoms with E-state index in [1.54, 1.807) is 30.3 Å². The number of amidine groups is 1. The Balaban J connectivity index is 1.69. The quantitative estimate of drug-likeness (QED) is 0.407. The van der Waals surface area contributed by atoms with E-state index in [1.165, 1.54) is 30.5 Å². The number of anilines is 1. The fourth-order valence-corrected chi connectivity index (χ4v) is 3.49. The third kappa shape index (κ3) is 3.19. The van der Waals surface area contributed by atoms with Gasteiger partial charge in [-0.1, -0.05) is 35.9 Å². The van der Waals surface area contributed by atoms with E-state index in [0.717, 1.165) is 0 Å². The number of hydrogen-bond donors (Lipinski definition) is 2. The molecule has 0 amide bonds. The minimum atomic E-state index is -0.569. The van der Waals surface area contributed by atoms with Crippen LogP contribution in [0.5, 0.6) is 11.5 Å². The Morgan fingerprint density at radius 2 is 1.77 bits per heavy atom. The first-order valence-corrected chi connectivity index (χ1v) is 9.38. The molecule has 1 aromatic heterocycles. The van der Waals surface area contributed by atoms with Crippen LogP contribution in [0.25, 0.3) is 11.3 Å². The third-order valence-corrected chi connectivity index (χ3v) is 4.93. The van der Waals surface area contributed by atoms with Crippen LogP contribution in [0.3, 0.4) is 0 Å². The van der Waals surface area contributed by atoms with Crippen LogP contribution in [0.15, 0.2) is 71.9 Å². The van der Waals surface area contributed by atoms with Crippen LogP contribution in [0.4, 0.5) is 20.2 Å². The molecule has 0 saturated heterocycles. The van der Waals surface area contributed by atoms with Gasteiger partial charge in [-0.05, 0) is 30.3 Å². The predicted octanol–water partition coefficient (Wildman–Crippen LogP) is 6.30. The second-order valence-corrected chi connectivity index (χ2v) is 6.96. The standard InChI is InChI=1S/C22H13ClF2N4O/c23-14-7-4-8-15(24)20(14)22-27-17-10-19(30-12-5-2-1-3-6-12)16(25)9-13(17)21-18(28-22)11-26-29-21/h1-11H,(H,26,29)(H,27,28). The molecule has 0 fully saturated rings. The number of halogens is 3. The summed E-state index contributed by atoms with van der Waals surface area (Å²) in [6, 6.07) is 16.0. The van der Waals surface area contributed by atoms with Crippen molar-refractivity contribution < 1.29 is 13.5 Å². The van der Waals surface area contributed by atoms with Crippen LogP contribution in [0.1, 0.15) is 5.56 Å². The highest BCUT2D eigenvalue weighted by atomic mass is 35.5. The molecule has 0 spiro atoms. The topological polar surface area (TPSA) is 62.3 Å².